The molecule has 116 valence electrons. The molecular formula is C11H13F2N3O3S2. The van der Waals surface area contributed by atoms with Crippen LogP contribution in [0.5, 0.6) is 0 Å². The van der Waals surface area contributed by atoms with Crippen molar-refractivity contribution >= 4 is 32.5 Å². The van der Waals surface area contributed by atoms with Gasteiger partial charge in [-0.1, -0.05) is 11.3 Å². The standard InChI is InChI=1S/C11H13F2N3O3S2/c1-4-16-8(17)6-7(20-10(14-6)21(3)18)15-9(16)11(12,13)5-19-2/h4-5H2,1-3H3. The van der Waals surface area contributed by atoms with Gasteiger partial charge in [0.1, 0.15) is 6.61 Å². The van der Waals surface area contributed by atoms with E-state index in [-0.39, 0.29) is 21.2 Å². The molecule has 0 radical (unpaired) electrons. The molecule has 0 amide bonds. The number of alkyl halides is 2. The van der Waals surface area contributed by atoms with E-state index in [0.29, 0.717) is 0 Å². The molecule has 0 aromatic carbocycles. The minimum atomic E-state index is -3.40. The Labute approximate surface area is 125 Å². The fourth-order valence-electron chi connectivity index (χ4n) is 1.83. The first kappa shape index (κ1) is 16.1. The number of ether oxygens (including phenoxy) is 1. The lowest BCUT2D eigenvalue weighted by atomic mass is 10.3. The van der Waals surface area contributed by atoms with E-state index >= 15 is 0 Å². The zero-order valence-corrected chi connectivity index (χ0v) is 13.2. The molecule has 10 heteroatoms. The van der Waals surface area contributed by atoms with Gasteiger partial charge in [-0.3, -0.25) is 13.6 Å². The van der Waals surface area contributed by atoms with Gasteiger partial charge >= 0.3 is 5.92 Å². The highest BCUT2D eigenvalue weighted by Crippen LogP contribution is 2.28. The molecule has 2 heterocycles. The third-order valence-corrected chi connectivity index (χ3v) is 5.00. The van der Waals surface area contributed by atoms with Crippen LogP contribution >= 0.6 is 11.3 Å². The van der Waals surface area contributed by atoms with Crippen LogP contribution < -0.4 is 5.56 Å². The molecule has 0 saturated carbocycles. The maximum atomic E-state index is 14.1. The minimum Gasteiger partial charge on any atom is -0.378 e. The smallest absolute Gasteiger partial charge is 0.327 e. The average Bonchev–Trinajstić information content (AvgIpc) is 2.83. The van der Waals surface area contributed by atoms with Gasteiger partial charge in [0.2, 0.25) is 0 Å². The molecule has 2 aromatic heterocycles. The van der Waals surface area contributed by atoms with Crippen LogP contribution in [-0.4, -0.2) is 38.7 Å². The van der Waals surface area contributed by atoms with Gasteiger partial charge < -0.3 is 4.74 Å². The number of halogens is 2. The van der Waals surface area contributed by atoms with E-state index in [1.54, 1.807) is 6.92 Å². The third-order valence-electron chi connectivity index (χ3n) is 2.72. The first-order valence-electron chi connectivity index (χ1n) is 5.93. The SMILES string of the molecule is CCn1c(C(F)(F)COC)nc2sc(S(C)=O)nc2c1=O. The zero-order chi connectivity index (χ0) is 15.8. The minimum absolute atomic E-state index is 0.0263. The number of hydrogen-bond acceptors (Lipinski definition) is 6. The summed E-state index contributed by atoms with van der Waals surface area (Å²) in [4.78, 5) is 20.1. The summed E-state index contributed by atoms with van der Waals surface area (Å²) in [5.74, 6) is -4.06. The van der Waals surface area contributed by atoms with E-state index < -0.39 is 34.7 Å². The lowest BCUT2D eigenvalue weighted by Crippen LogP contribution is -2.33. The molecule has 0 fully saturated rings. The molecule has 0 saturated heterocycles. The molecule has 0 N–H and O–H groups in total. The number of fused-ring (bicyclic) bond motifs is 1. The van der Waals surface area contributed by atoms with Crippen LogP contribution in [0.25, 0.3) is 10.3 Å². The van der Waals surface area contributed by atoms with Crippen molar-refractivity contribution in [2.45, 2.75) is 23.7 Å². The summed E-state index contributed by atoms with van der Waals surface area (Å²) in [6, 6.07) is 0. The van der Waals surface area contributed by atoms with Crippen LogP contribution in [0, 0.1) is 0 Å². The molecule has 0 aliphatic carbocycles. The van der Waals surface area contributed by atoms with Crippen molar-refractivity contribution in [3.05, 3.63) is 16.2 Å². The second-order valence-electron chi connectivity index (χ2n) is 4.21. The Balaban J connectivity index is 2.77. The van der Waals surface area contributed by atoms with E-state index in [1.807, 2.05) is 0 Å². The van der Waals surface area contributed by atoms with Crippen LogP contribution in [0.1, 0.15) is 12.7 Å². The number of thiazole rings is 1. The summed E-state index contributed by atoms with van der Waals surface area (Å²) >= 11 is 0.877. The normalized spacial score (nSPS) is 13.8. The number of hydrogen-bond donors (Lipinski definition) is 0. The quantitative estimate of drug-likeness (QED) is 0.823. The molecule has 6 nitrogen and oxygen atoms in total. The Morgan fingerprint density at radius 3 is 2.62 bits per heavy atom. The molecule has 0 aliphatic heterocycles. The molecule has 0 bridgehead atoms. The summed E-state index contributed by atoms with van der Waals surface area (Å²) in [5, 5.41) is 0. The van der Waals surface area contributed by atoms with Gasteiger partial charge in [-0.2, -0.15) is 8.78 Å². The van der Waals surface area contributed by atoms with E-state index in [1.165, 1.54) is 6.26 Å². The van der Waals surface area contributed by atoms with Crippen molar-refractivity contribution in [2.24, 2.45) is 0 Å². The van der Waals surface area contributed by atoms with Crippen LogP contribution in [0.2, 0.25) is 0 Å². The summed E-state index contributed by atoms with van der Waals surface area (Å²) < 4.78 is 45.1. The van der Waals surface area contributed by atoms with Gasteiger partial charge in [-0.05, 0) is 6.92 Å². The van der Waals surface area contributed by atoms with Crippen LogP contribution in [-0.2, 0) is 28.0 Å². The van der Waals surface area contributed by atoms with Crippen LogP contribution in [0.4, 0.5) is 8.78 Å². The summed E-state index contributed by atoms with van der Waals surface area (Å²) in [5.41, 5.74) is -0.703. The van der Waals surface area contributed by atoms with Gasteiger partial charge in [-0.25, -0.2) is 9.97 Å². The van der Waals surface area contributed by atoms with Crippen molar-refractivity contribution < 1.29 is 17.7 Å². The Hall–Kier alpha value is -1.26. The Bertz CT molecular complexity index is 757. The number of aromatic nitrogens is 3. The number of rotatable bonds is 5. The van der Waals surface area contributed by atoms with Gasteiger partial charge in [0.05, 0.1) is 10.8 Å². The van der Waals surface area contributed by atoms with Crippen molar-refractivity contribution in [3.8, 4) is 0 Å². The second-order valence-corrected chi connectivity index (χ2v) is 6.74. The van der Waals surface area contributed by atoms with Gasteiger partial charge in [0.25, 0.3) is 5.56 Å². The highest BCUT2D eigenvalue weighted by Gasteiger charge is 2.37. The first-order chi connectivity index (χ1) is 9.81. The zero-order valence-electron chi connectivity index (χ0n) is 11.6. The van der Waals surface area contributed by atoms with Crippen LogP contribution in [0.3, 0.4) is 0 Å². The maximum Gasteiger partial charge on any atom is 0.327 e. The fourth-order valence-corrected chi connectivity index (χ4v) is 3.42. The molecule has 2 aromatic rings. The van der Waals surface area contributed by atoms with Crippen molar-refractivity contribution in [1.82, 2.24) is 14.5 Å². The monoisotopic (exact) mass is 337 g/mol. The molecular weight excluding hydrogens is 324 g/mol. The topological polar surface area (TPSA) is 74.1 Å². The highest BCUT2D eigenvalue weighted by molar-refractivity contribution is 7.86. The molecule has 21 heavy (non-hydrogen) atoms. The van der Waals surface area contributed by atoms with Crippen molar-refractivity contribution in [3.63, 3.8) is 0 Å². The Kier molecular flexibility index (Phi) is 4.49. The fraction of sp³-hybridized carbons (Fsp3) is 0.545. The van der Waals surface area contributed by atoms with Crippen molar-refractivity contribution in [2.75, 3.05) is 20.0 Å². The molecule has 0 spiro atoms. The van der Waals surface area contributed by atoms with E-state index in [9.17, 15) is 17.8 Å². The second kappa shape index (κ2) is 5.85. The van der Waals surface area contributed by atoms with Crippen molar-refractivity contribution in [1.29, 1.82) is 0 Å². The van der Waals surface area contributed by atoms with Crippen LogP contribution in [0.15, 0.2) is 9.13 Å². The highest BCUT2D eigenvalue weighted by atomic mass is 32.2. The average molecular weight is 337 g/mol. The van der Waals surface area contributed by atoms with E-state index in [0.717, 1.165) is 23.0 Å². The summed E-state index contributed by atoms with van der Waals surface area (Å²) in [6.45, 7) is 0.710. The van der Waals surface area contributed by atoms with Gasteiger partial charge in [-0.15, -0.1) is 0 Å². The molecule has 1 atom stereocenters. The predicted molar refractivity (Wildman–Crippen MR) is 75.5 cm³/mol. The number of nitrogens with zero attached hydrogens (tertiary/aromatic N) is 3. The molecule has 0 aliphatic rings. The lowest BCUT2D eigenvalue weighted by Gasteiger charge is -2.18. The van der Waals surface area contributed by atoms with Gasteiger partial charge in [0, 0.05) is 19.9 Å². The third kappa shape index (κ3) is 2.87. The number of methoxy groups -OCH3 is 1. The van der Waals surface area contributed by atoms with E-state index in [2.05, 4.69) is 14.7 Å². The largest absolute Gasteiger partial charge is 0.378 e. The summed E-state index contributed by atoms with van der Waals surface area (Å²) in [6.07, 6.45) is 1.40. The maximum absolute atomic E-state index is 14.1. The summed E-state index contributed by atoms with van der Waals surface area (Å²) in [7, 11) is -0.258. The molecule has 1 unspecified atom stereocenters. The van der Waals surface area contributed by atoms with Gasteiger partial charge in [0.15, 0.2) is 20.5 Å². The predicted octanol–water partition coefficient (Wildman–Crippen LogP) is 1.35. The lowest BCUT2D eigenvalue weighted by molar-refractivity contribution is -0.0795. The Morgan fingerprint density at radius 2 is 2.10 bits per heavy atom. The first-order valence-corrected chi connectivity index (χ1v) is 8.31. The van der Waals surface area contributed by atoms with E-state index in [4.69, 9.17) is 0 Å². The molecule has 2 rings (SSSR count). The Morgan fingerprint density at radius 1 is 1.43 bits per heavy atom.